The molecule has 0 unspecified atom stereocenters. The Morgan fingerprint density at radius 2 is 1.43 bits per heavy atom. The molecule has 0 aliphatic rings. The molecule has 144 valence electrons. The maximum absolute atomic E-state index is 12.1. The zero-order valence-corrected chi connectivity index (χ0v) is 16.3. The van der Waals surface area contributed by atoms with Crippen LogP contribution in [0.1, 0.15) is 34.8 Å². The Balaban J connectivity index is 2.04. The van der Waals surface area contributed by atoms with Crippen molar-refractivity contribution in [1.29, 1.82) is 0 Å². The van der Waals surface area contributed by atoms with Crippen molar-refractivity contribution in [2.75, 3.05) is 13.2 Å². The summed E-state index contributed by atoms with van der Waals surface area (Å²) >= 11 is 5.98. The van der Waals surface area contributed by atoms with Crippen molar-refractivity contribution in [3.8, 4) is 22.5 Å². The molecule has 3 rings (SSSR count). The number of esters is 2. The fourth-order valence-electron chi connectivity index (χ4n) is 2.72. The Bertz CT molecular complexity index is 971. The summed E-state index contributed by atoms with van der Waals surface area (Å²) in [5, 5.41) is 0.598. The summed E-state index contributed by atoms with van der Waals surface area (Å²) < 4.78 is 15.9. The van der Waals surface area contributed by atoms with Gasteiger partial charge in [0, 0.05) is 16.1 Å². The van der Waals surface area contributed by atoms with Gasteiger partial charge in [0.05, 0.1) is 18.8 Å². The molecule has 5 nitrogen and oxygen atoms in total. The molecule has 2 aromatic carbocycles. The first kappa shape index (κ1) is 19.7. The van der Waals surface area contributed by atoms with E-state index in [2.05, 4.69) is 0 Å². The van der Waals surface area contributed by atoms with Crippen molar-refractivity contribution in [1.82, 2.24) is 0 Å². The van der Waals surface area contributed by atoms with Crippen LogP contribution in [0.25, 0.3) is 22.5 Å². The van der Waals surface area contributed by atoms with E-state index in [9.17, 15) is 9.59 Å². The van der Waals surface area contributed by atoms with Gasteiger partial charge in [-0.3, -0.25) is 0 Å². The van der Waals surface area contributed by atoms with Gasteiger partial charge in [-0.25, -0.2) is 9.59 Å². The molecule has 0 atom stereocenters. The Hall–Kier alpha value is -3.05. The van der Waals surface area contributed by atoms with Gasteiger partial charge in [-0.05, 0) is 61.9 Å². The number of carbonyl (C=O) groups is 2. The first-order chi connectivity index (χ1) is 13.5. The number of carbonyl (C=O) groups excluding carboxylic acids is 2. The normalized spacial score (nSPS) is 10.5. The first-order valence-electron chi connectivity index (χ1n) is 8.88. The van der Waals surface area contributed by atoms with E-state index >= 15 is 0 Å². The van der Waals surface area contributed by atoms with Crippen molar-refractivity contribution in [2.45, 2.75) is 13.8 Å². The van der Waals surface area contributed by atoms with E-state index in [4.69, 9.17) is 25.5 Å². The van der Waals surface area contributed by atoms with Crippen molar-refractivity contribution < 1.29 is 23.5 Å². The Labute approximate surface area is 167 Å². The fourth-order valence-corrected chi connectivity index (χ4v) is 2.85. The summed E-state index contributed by atoms with van der Waals surface area (Å²) in [6.45, 7) is 4.05. The third-order valence-electron chi connectivity index (χ3n) is 4.02. The number of furan rings is 1. The van der Waals surface area contributed by atoms with Crippen molar-refractivity contribution >= 4 is 23.5 Å². The fraction of sp³-hybridized carbons (Fsp3) is 0.182. The Morgan fingerprint density at radius 1 is 0.857 bits per heavy atom. The molecule has 0 aliphatic heterocycles. The maximum Gasteiger partial charge on any atom is 0.374 e. The third-order valence-corrected chi connectivity index (χ3v) is 4.27. The van der Waals surface area contributed by atoms with Gasteiger partial charge >= 0.3 is 11.9 Å². The Kier molecular flexibility index (Phi) is 6.16. The van der Waals surface area contributed by atoms with Crippen LogP contribution in [-0.4, -0.2) is 25.2 Å². The third kappa shape index (κ3) is 4.26. The minimum Gasteiger partial charge on any atom is -0.462 e. The molecule has 6 heteroatoms. The molecule has 3 aromatic rings. The molecule has 0 aliphatic carbocycles. The zero-order valence-electron chi connectivity index (χ0n) is 15.5. The van der Waals surface area contributed by atoms with Gasteiger partial charge in [-0.1, -0.05) is 23.7 Å². The molecule has 0 fully saturated rings. The Morgan fingerprint density at radius 3 is 2.04 bits per heavy atom. The van der Waals surface area contributed by atoms with E-state index in [0.717, 1.165) is 11.1 Å². The highest BCUT2D eigenvalue weighted by Crippen LogP contribution is 2.36. The molecule has 1 aromatic heterocycles. The molecular formula is C22H19ClO5. The average Bonchev–Trinajstić information content (AvgIpc) is 3.14. The van der Waals surface area contributed by atoms with Gasteiger partial charge in [0.1, 0.15) is 5.76 Å². The van der Waals surface area contributed by atoms with Crippen LogP contribution in [0.2, 0.25) is 5.02 Å². The van der Waals surface area contributed by atoms with Gasteiger partial charge in [0.2, 0.25) is 5.76 Å². The molecule has 0 bridgehead atoms. The quantitative estimate of drug-likeness (QED) is 0.504. The van der Waals surface area contributed by atoms with Crippen molar-refractivity contribution in [3.05, 3.63) is 70.9 Å². The number of benzene rings is 2. The summed E-state index contributed by atoms with van der Waals surface area (Å²) in [6.07, 6.45) is 0. The predicted octanol–water partition coefficient (Wildman–Crippen LogP) is 5.62. The second kappa shape index (κ2) is 8.76. The highest BCUT2D eigenvalue weighted by molar-refractivity contribution is 6.30. The van der Waals surface area contributed by atoms with E-state index in [0.29, 0.717) is 28.5 Å². The number of ether oxygens (including phenoxy) is 2. The lowest BCUT2D eigenvalue weighted by atomic mass is 10.0. The molecule has 1 heterocycles. The van der Waals surface area contributed by atoms with E-state index < -0.39 is 5.97 Å². The summed E-state index contributed by atoms with van der Waals surface area (Å²) in [6, 6.07) is 15.7. The second-order valence-electron chi connectivity index (χ2n) is 5.88. The summed E-state index contributed by atoms with van der Waals surface area (Å²) in [5.74, 6) is -0.293. The van der Waals surface area contributed by atoms with Gasteiger partial charge in [0.25, 0.3) is 0 Å². The van der Waals surface area contributed by atoms with Crippen molar-refractivity contribution in [2.24, 2.45) is 0 Å². The van der Waals surface area contributed by atoms with Gasteiger partial charge in [-0.2, -0.15) is 0 Å². The zero-order chi connectivity index (χ0) is 20.1. The van der Waals surface area contributed by atoms with Crippen LogP contribution >= 0.6 is 11.6 Å². The van der Waals surface area contributed by atoms with Crippen LogP contribution < -0.4 is 0 Å². The van der Waals surface area contributed by atoms with Crippen LogP contribution in [0, 0.1) is 0 Å². The van der Waals surface area contributed by atoms with Crippen molar-refractivity contribution in [3.63, 3.8) is 0 Å². The van der Waals surface area contributed by atoms with Gasteiger partial charge < -0.3 is 13.9 Å². The summed E-state index contributed by atoms with van der Waals surface area (Å²) in [4.78, 5) is 24.0. The SMILES string of the molecule is CCOC(=O)c1ccc(-c2cc(C(=O)OCC)oc2-c2ccc(Cl)cc2)cc1. The smallest absolute Gasteiger partial charge is 0.374 e. The number of hydrogen-bond acceptors (Lipinski definition) is 5. The topological polar surface area (TPSA) is 65.7 Å². The predicted molar refractivity (Wildman–Crippen MR) is 107 cm³/mol. The molecule has 0 saturated carbocycles. The molecular weight excluding hydrogens is 380 g/mol. The van der Waals surface area contributed by atoms with Gasteiger partial charge in [-0.15, -0.1) is 0 Å². The molecule has 0 amide bonds. The number of halogens is 1. The van der Waals surface area contributed by atoms with E-state index in [-0.39, 0.29) is 18.3 Å². The lowest BCUT2D eigenvalue weighted by Gasteiger charge is -2.05. The first-order valence-corrected chi connectivity index (χ1v) is 9.25. The minimum absolute atomic E-state index is 0.108. The molecule has 28 heavy (non-hydrogen) atoms. The second-order valence-corrected chi connectivity index (χ2v) is 6.32. The molecule has 0 N–H and O–H groups in total. The van der Waals surface area contributed by atoms with Crippen LogP contribution in [-0.2, 0) is 9.47 Å². The van der Waals surface area contributed by atoms with Gasteiger partial charge in [0.15, 0.2) is 0 Å². The number of hydrogen-bond donors (Lipinski definition) is 0. The maximum atomic E-state index is 12.1. The summed E-state index contributed by atoms with van der Waals surface area (Å²) in [7, 11) is 0. The number of rotatable bonds is 6. The molecule has 0 spiro atoms. The molecule has 0 radical (unpaired) electrons. The minimum atomic E-state index is -0.535. The van der Waals surface area contributed by atoms with Crippen LogP contribution in [0.5, 0.6) is 0 Å². The largest absolute Gasteiger partial charge is 0.462 e. The average molecular weight is 399 g/mol. The highest BCUT2D eigenvalue weighted by atomic mass is 35.5. The van der Waals surface area contributed by atoms with E-state index in [1.54, 1.807) is 56.3 Å². The highest BCUT2D eigenvalue weighted by Gasteiger charge is 2.20. The molecule has 0 saturated heterocycles. The van der Waals surface area contributed by atoms with Crippen LogP contribution in [0.15, 0.2) is 59.0 Å². The lowest BCUT2D eigenvalue weighted by molar-refractivity contribution is 0.0489. The monoisotopic (exact) mass is 398 g/mol. The summed E-state index contributed by atoms with van der Waals surface area (Å²) in [5.41, 5.74) is 2.72. The van der Waals surface area contributed by atoms with E-state index in [1.807, 2.05) is 12.1 Å². The lowest BCUT2D eigenvalue weighted by Crippen LogP contribution is -2.04. The van der Waals surface area contributed by atoms with Crippen LogP contribution in [0.4, 0.5) is 0 Å². The standard InChI is InChI=1S/C22H19ClO5/c1-3-26-21(24)16-7-5-14(6-8-16)18-13-19(22(25)27-4-2)28-20(18)15-9-11-17(23)12-10-15/h5-13H,3-4H2,1-2H3. The van der Waals surface area contributed by atoms with E-state index in [1.165, 1.54) is 0 Å². The van der Waals surface area contributed by atoms with Crippen LogP contribution in [0.3, 0.4) is 0 Å².